The van der Waals surface area contributed by atoms with Gasteiger partial charge >= 0.3 is 0 Å². The molecule has 0 aliphatic heterocycles. The maximum Gasteiger partial charge on any atom is 0.181 e. The summed E-state index contributed by atoms with van der Waals surface area (Å²) in [6.45, 7) is 8.91. The van der Waals surface area contributed by atoms with Crippen LogP contribution in [0.1, 0.15) is 32.0 Å². The van der Waals surface area contributed by atoms with Crippen LogP contribution >= 0.6 is 0 Å². The first kappa shape index (κ1) is 13.5. The Morgan fingerprint density at radius 1 is 1.21 bits per heavy atom. The van der Waals surface area contributed by atoms with E-state index in [0.29, 0.717) is 12.5 Å². The summed E-state index contributed by atoms with van der Waals surface area (Å²) in [5.41, 5.74) is 8.07. The van der Waals surface area contributed by atoms with Gasteiger partial charge in [-0.1, -0.05) is 32.9 Å². The summed E-state index contributed by atoms with van der Waals surface area (Å²) >= 11 is 0. The lowest BCUT2D eigenvalue weighted by atomic mass is 9.87. The molecule has 4 nitrogen and oxygen atoms in total. The van der Waals surface area contributed by atoms with Crippen LogP contribution in [0.4, 0.5) is 5.82 Å². The third-order valence-corrected chi connectivity index (χ3v) is 3.07. The predicted octanol–water partition coefficient (Wildman–Crippen LogP) is 3.11. The van der Waals surface area contributed by atoms with Crippen molar-refractivity contribution in [3.8, 4) is 5.75 Å². The molecule has 2 rings (SSSR count). The van der Waals surface area contributed by atoms with E-state index in [9.17, 15) is 0 Å². The predicted molar refractivity (Wildman–Crippen MR) is 77.1 cm³/mol. The third-order valence-electron chi connectivity index (χ3n) is 3.07. The van der Waals surface area contributed by atoms with Gasteiger partial charge in [-0.25, -0.2) is 4.68 Å². The van der Waals surface area contributed by atoms with Gasteiger partial charge in [-0.3, -0.25) is 0 Å². The van der Waals surface area contributed by atoms with Crippen molar-refractivity contribution >= 4 is 5.82 Å². The van der Waals surface area contributed by atoms with Crippen molar-refractivity contribution < 1.29 is 4.74 Å². The number of hydrogen-bond acceptors (Lipinski definition) is 3. The fraction of sp³-hybridized carbons (Fsp3) is 0.400. The van der Waals surface area contributed by atoms with E-state index in [1.807, 2.05) is 25.1 Å². The molecule has 1 aromatic heterocycles. The van der Waals surface area contributed by atoms with Gasteiger partial charge in [0.2, 0.25) is 0 Å². The molecule has 0 aliphatic carbocycles. The van der Waals surface area contributed by atoms with Crippen molar-refractivity contribution in [3.05, 3.63) is 41.6 Å². The van der Waals surface area contributed by atoms with Crippen molar-refractivity contribution in [2.45, 2.75) is 39.8 Å². The number of anilines is 1. The number of nitrogens with zero attached hydrogens (tertiary/aromatic N) is 2. The van der Waals surface area contributed by atoms with Gasteiger partial charge in [-0.15, -0.1) is 0 Å². The van der Waals surface area contributed by atoms with E-state index < -0.39 is 0 Å². The number of aromatic nitrogens is 2. The fourth-order valence-corrected chi connectivity index (χ4v) is 1.85. The molecule has 0 spiro atoms. The molecule has 0 amide bonds. The molecule has 2 aromatic rings. The summed E-state index contributed by atoms with van der Waals surface area (Å²) in [5.74, 6) is 1.35. The molecular weight excluding hydrogens is 238 g/mol. The van der Waals surface area contributed by atoms with Gasteiger partial charge in [-0.2, -0.15) is 5.10 Å². The van der Waals surface area contributed by atoms with E-state index in [2.05, 4.69) is 38.0 Å². The number of ether oxygens (including phenoxy) is 1. The third kappa shape index (κ3) is 3.28. The molecule has 102 valence electrons. The van der Waals surface area contributed by atoms with Crippen LogP contribution in [0.3, 0.4) is 0 Å². The first-order valence-electron chi connectivity index (χ1n) is 6.39. The maximum absolute atomic E-state index is 5.70. The summed E-state index contributed by atoms with van der Waals surface area (Å²) in [6.07, 6.45) is 0. The highest BCUT2D eigenvalue weighted by atomic mass is 16.5. The molecular formula is C15H21N3O. The second kappa shape index (κ2) is 4.96. The van der Waals surface area contributed by atoms with Crippen LogP contribution in [0.15, 0.2) is 30.3 Å². The topological polar surface area (TPSA) is 53.1 Å². The van der Waals surface area contributed by atoms with Gasteiger partial charge < -0.3 is 10.5 Å². The Morgan fingerprint density at radius 3 is 2.32 bits per heavy atom. The molecule has 0 bridgehead atoms. The Balaban J connectivity index is 2.02. The fourth-order valence-electron chi connectivity index (χ4n) is 1.85. The highest BCUT2D eigenvalue weighted by Crippen LogP contribution is 2.24. The van der Waals surface area contributed by atoms with Gasteiger partial charge in [0.1, 0.15) is 11.6 Å². The van der Waals surface area contributed by atoms with E-state index in [-0.39, 0.29) is 5.41 Å². The Bertz CT molecular complexity index is 550. The van der Waals surface area contributed by atoms with Gasteiger partial charge in [0, 0.05) is 11.8 Å². The maximum atomic E-state index is 5.70. The standard InChI is InChI=1S/C15H21N3O/c1-11-9-14(16)17-18(11)10-19-13-7-5-12(6-8-13)15(2,3)4/h5-9H,10H2,1-4H3,(H2,16,17). The molecule has 4 heteroatoms. The van der Waals surface area contributed by atoms with Crippen LogP contribution in [0, 0.1) is 6.92 Å². The zero-order valence-corrected chi connectivity index (χ0v) is 12.0. The number of aryl methyl sites for hydroxylation is 1. The minimum atomic E-state index is 0.158. The second-order valence-corrected chi connectivity index (χ2v) is 5.76. The zero-order valence-electron chi connectivity index (χ0n) is 12.0. The van der Waals surface area contributed by atoms with Crippen molar-refractivity contribution in [1.82, 2.24) is 9.78 Å². The number of hydrogen-bond donors (Lipinski definition) is 1. The summed E-state index contributed by atoms with van der Waals surface area (Å²) in [4.78, 5) is 0. The van der Waals surface area contributed by atoms with Crippen LogP contribution in [-0.2, 0) is 12.1 Å². The molecule has 0 fully saturated rings. The Morgan fingerprint density at radius 2 is 1.84 bits per heavy atom. The largest absolute Gasteiger partial charge is 0.471 e. The summed E-state index contributed by atoms with van der Waals surface area (Å²) in [6, 6.07) is 10.00. The van der Waals surface area contributed by atoms with Gasteiger partial charge in [0.25, 0.3) is 0 Å². The van der Waals surface area contributed by atoms with E-state index >= 15 is 0 Å². The molecule has 1 heterocycles. The second-order valence-electron chi connectivity index (χ2n) is 5.76. The lowest BCUT2D eigenvalue weighted by molar-refractivity contribution is 0.218. The van der Waals surface area contributed by atoms with Gasteiger partial charge in [-0.05, 0) is 30.0 Å². The van der Waals surface area contributed by atoms with Gasteiger partial charge in [0.15, 0.2) is 6.73 Å². The lowest BCUT2D eigenvalue weighted by Crippen LogP contribution is -2.11. The molecule has 2 N–H and O–H groups in total. The van der Waals surface area contributed by atoms with Crippen molar-refractivity contribution in [2.24, 2.45) is 0 Å². The minimum Gasteiger partial charge on any atom is -0.471 e. The van der Waals surface area contributed by atoms with Crippen molar-refractivity contribution in [3.63, 3.8) is 0 Å². The minimum absolute atomic E-state index is 0.158. The van der Waals surface area contributed by atoms with Crippen LogP contribution < -0.4 is 10.5 Å². The molecule has 0 aliphatic rings. The quantitative estimate of drug-likeness (QED) is 0.921. The Hall–Kier alpha value is -1.97. The first-order chi connectivity index (χ1) is 8.86. The lowest BCUT2D eigenvalue weighted by Gasteiger charge is -2.19. The first-order valence-corrected chi connectivity index (χ1v) is 6.39. The normalized spacial score (nSPS) is 11.6. The molecule has 0 atom stereocenters. The SMILES string of the molecule is Cc1cc(N)nn1COc1ccc(C(C)(C)C)cc1. The molecule has 0 saturated carbocycles. The molecule has 0 unspecified atom stereocenters. The number of nitrogens with two attached hydrogens (primary N) is 1. The van der Waals surface area contributed by atoms with Crippen molar-refractivity contribution in [1.29, 1.82) is 0 Å². The van der Waals surface area contributed by atoms with Crippen LogP contribution in [0.5, 0.6) is 5.75 Å². The van der Waals surface area contributed by atoms with E-state index in [1.165, 1.54) is 5.56 Å². The molecule has 1 aromatic carbocycles. The molecule has 0 saturated heterocycles. The average molecular weight is 259 g/mol. The highest BCUT2D eigenvalue weighted by molar-refractivity contribution is 5.31. The Labute approximate surface area is 114 Å². The zero-order chi connectivity index (χ0) is 14.0. The molecule has 19 heavy (non-hydrogen) atoms. The summed E-state index contributed by atoms with van der Waals surface area (Å²) < 4.78 is 7.44. The van der Waals surface area contributed by atoms with Crippen LogP contribution in [-0.4, -0.2) is 9.78 Å². The summed E-state index contributed by atoms with van der Waals surface area (Å²) in [5, 5.41) is 4.15. The van der Waals surface area contributed by atoms with E-state index in [1.54, 1.807) is 4.68 Å². The highest BCUT2D eigenvalue weighted by Gasteiger charge is 2.13. The van der Waals surface area contributed by atoms with Crippen LogP contribution in [0.25, 0.3) is 0 Å². The molecule has 0 radical (unpaired) electrons. The van der Waals surface area contributed by atoms with Crippen LogP contribution in [0.2, 0.25) is 0 Å². The van der Waals surface area contributed by atoms with E-state index in [0.717, 1.165) is 11.4 Å². The smallest absolute Gasteiger partial charge is 0.181 e. The van der Waals surface area contributed by atoms with Crippen molar-refractivity contribution in [2.75, 3.05) is 5.73 Å². The monoisotopic (exact) mass is 259 g/mol. The van der Waals surface area contributed by atoms with E-state index in [4.69, 9.17) is 10.5 Å². The van der Waals surface area contributed by atoms with Gasteiger partial charge in [0.05, 0.1) is 0 Å². The number of rotatable bonds is 3. The number of nitrogen functional groups attached to an aromatic ring is 1. The number of benzene rings is 1. The average Bonchev–Trinajstić information content (AvgIpc) is 2.65. The Kier molecular flexibility index (Phi) is 3.51. The summed E-state index contributed by atoms with van der Waals surface area (Å²) in [7, 11) is 0.